The number of benzene rings is 2. The number of piperidine rings is 1. The van der Waals surface area contributed by atoms with Gasteiger partial charge in [0.25, 0.3) is 15.9 Å². The van der Waals surface area contributed by atoms with Crippen LogP contribution in [0.5, 0.6) is 0 Å². The zero-order valence-corrected chi connectivity index (χ0v) is 17.4. The molecule has 0 spiro atoms. The Morgan fingerprint density at radius 3 is 2.39 bits per heavy atom. The van der Waals surface area contributed by atoms with Gasteiger partial charge in [-0.15, -0.1) is 0 Å². The Kier molecular flexibility index (Phi) is 6.40. The van der Waals surface area contributed by atoms with E-state index >= 15 is 0 Å². The third-order valence-corrected chi connectivity index (χ3v) is 7.27. The molecule has 2 aromatic rings. The average Bonchev–Trinajstić information content (AvgIpc) is 2.73. The molecule has 1 amide bonds. The normalized spacial score (nSPS) is 15.8. The van der Waals surface area contributed by atoms with Crippen LogP contribution in [0, 0.1) is 0 Å². The summed E-state index contributed by atoms with van der Waals surface area (Å²) >= 11 is 6.07. The minimum absolute atomic E-state index is 0.0447. The van der Waals surface area contributed by atoms with Gasteiger partial charge in [-0.05, 0) is 42.5 Å². The van der Waals surface area contributed by atoms with Gasteiger partial charge in [0.05, 0.1) is 12.1 Å². The SMILES string of the molecule is CON(C)S(=O)(=O)c1cc(C(=O)N2CCC(c3ccccc3)CC2)ccc1Cl. The number of nitrogens with zero attached hydrogens (tertiary/aromatic N) is 2. The summed E-state index contributed by atoms with van der Waals surface area (Å²) in [6, 6.07) is 14.6. The van der Waals surface area contributed by atoms with Gasteiger partial charge in [-0.25, -0.2) is 8.42 Å². The number of sulfonamides is 1. The van der Waals surface area contributed by atoms with Crippen LogP contribution in [0.3, 0.4) is 0 Å². The van der Waals surface area contributed by atoms with Gasteiger partial charge >= 0.3 is 0 Å². The lowest BCUT2D eigenvalue weighted by Gasteiger charge is -2.32. The Labute approximate surface area is 170 Å². The zero-order chi connectivity index (χ0) is 20.3. The van der Waals surface area contributed by atoms with Crippen molar-refractivity contribution in [1.82, 2.24) is 9.37 Å². The summed E-state index contributed by atoms with van der Waals surface area (Å²) in [4.78, 5) is 19.3. The lowest BCUT2D eigenvalue weighted by molar-refractivity contribution is -0.0258. The summed E-state index contributed by atoms with van der Waals surface area (Å²) in [6.45, 7) is 1.25. The van der Waals surface area contributed by atoms with E-state index in [9.17, 15) is 13.2 Å². The maximum absolute atomic E-state index is 12.9. The van der Waals surface area contributed by atoms with Crippen molar-refractivity contribution in [3.8, 4) is 0 Å². The highest BCUT2D eigenvalue weighted by Gasteiger charge is 2.28. The van der Waals surface area contributed by atoms with Gasteiger partial charge < -0.3 is 4.90 Å². The first-order valence-electron chi connectivity index (χ1n) is 9.01. The molecule has 3 rings (SSSR count). The number of halogens is 1. The number of rotatable bonds is 5. The number of likely N-dealkylation sites (tertiary alicyclic amines) is 1. The van der Waals surface area contributed by atoms with Crippen LogP contribution in [-0.2, 0) is 14.9 Å². The van der Waals surface area contributed by atoms with E-state index in [0.717, 1.165) is 12.8 Å². The number of hydroxylamine groups is 1. The van der Waals surface area contributed by atoms with Crippen molar-refractivity contribution >= 4 is 27.5 Å². The number of carbonyl (C=O) groups is 1. The monoisotopic (exact) mass is 422 g/mol. The Morgan fingerprint density at radius 1 is 1.14 bits per heavy atom. The highest BCUT2D eigenvalue weighted by atomic mass is 35.5. The van der Waals surface area contributed by atoms with Gasteiger partial charge in [0, 0.05) is 25.7 Å². The van der Waals surface area contributed by atoms with E-state index < -0.39 is 10.0 Å². The summed E-state index contributed by atoms with van der Waals surface area (Å²) in [5.41, 5.74) is 1.59. The Hall–Kier alpha value is -1.93. The topological polar surface area (TPSA) is 66.9 Å². The van der Waals surface area contributed by atoms with Gasteiger partial charge in [-0.2, -0.15) is 0 Å². The molecule has 0 radical (unpaired) electrons. The van der Waals surface area contributed by atoms with E-state index in [4.69, 9.17) is 16.4 Å². The van der Waals surface area contributed by atoms with Crippen molar-refractivity contribution in [2.75, 3.05) is 27.2 Å². The molecule has 0 aromatic heterocycles. The fraction of sp³-hybridized carbons (Fsp3) is 0.350. The van der Waals surface area contributed by atoms with Gasteiger partial charge in [0.15, 0.2) is 0 Å². The molecule has 6 nitrogen and oxygen atoms in total. The molecule has 0 bridgehead atoms. The maximum Gasteiger partial charge on any atom is 0.266 e. The third-order valence-electron chi connectivity index (χ3n) is 5.10. The van der Waals surface area contributed by atoms with Crippen molar-refractivity contribution in [3.05, 3.63) is 64.7 Å². The van der Waals surface area contributed by atoms with E-state index in [0.29, 0.717) is 29.0 Å². The highest BCUT2D eigenvalue weighted by Crippen LogP contribution is 2.30. The molecule has 1 fully saturated rings. The minimum Gasteiger partial charge on any atom is -0.339 e. The van der Waals surface area contributed by atoms with E-state index in [2.05, 4.69) is 12.1 Å². The van der Waals surface area contributed by atoms with Crippen LogP contribution in [0.25, 0.3) is 0 Å². The minimum atomic E-state index is -3.94. The third kappa shape index (κ3) is 4.22. The van der Waals surface area contributed by atoms with E-state index in [1.807, 2.05) is 18.2 Å². The van der Waals surface area contributed by atoms with Crippen molar-refractivity contribution in [2.45, 2.75) is 23.7 Å². The molecule has 1 aliphatic rings. The summed E-state index contributed by atoms with van der Waals surface area (Å²) in [7, 11) is -1.42. The molecule has 8 heteroatoms. The first-order valence-corrected chi connectivity index (χ1v) is 10.8. The molecule has 1 saturated heterocycles. The average molecular weight is 423 g/mol. The summed E-state index contributed by atoms with van der Waals surface area (Å²) in [5.74, 6) is 0.237. The van der Waals surface area contributed by atoms with Crippen molar-refractivity contribution < 1.29 is 18.0 Å². The quantitative estimate of drug-likeness (QED) is 0.691. The maximum atomic E-state index is 12.9. The molecule has 0 atom stereocenters. The molecular formula is C20H23ClN2O4S. The van der Waals surface area contributed by atoms with Gasteiger partial charge in [0.2, 0.25) is 0 Å². The smallest absolute Gasteiger partial charge is 0.266 e. The molecule has 0 aliphatic carbocycles. The van der Waals surface area contributed by atoms with Crippen LogP contribution in [0.15, 0.2) is 53.4 Å². The molecule has 0 unspecified atom stereocenters. The first-order chi connectivity index (χ1) is 13.3. The summed E-state index contributed by atoms with van der Waals surface area (Å²) in [6.07, 6.45) is 1.75. The van der Waals surface area contributed by atoms with Gasteiger partial charge in [-0.1, -0.05) is 46.4 Å². The molecule has 150 valence electrons. The van der Waals surface area contributed by atoms with Crippen LogP contribution < -0.4 is 0 Å². The van der Waals surface area contributed by atoms with Crippen LogP contribution in [-0.4, -0.2) is 50.9 Å². The van der Waals surface area contributed by atoms with Crippen molar-refractivity contribution in [1.29, 1.82) is 0 Å². The Morgan fingerprint density at radius 2 is 1.79 bits per heavy atom. The molecular weight excluding hydrogens is 400 g/mol. The van der Waals surface area contributed by atoms with Crippen LogP contribution in [0.1, 0.15) is 34.7 Å². The van der Waals surface area contributed by atoms with Crippen LogP contribution >= 0.6 is 11.6 Å². The Bertz CT molecular complexity index is 942. The fourth-order valence-electron chi connectivity index (χ4n) is 3.39. The lowest BCUT2D eigenvalue weighted by Crippen LogP contribution is -2.38. The molecule has 1 aliphatic heterocycles. The van der Waals surface area contributed by atoms with Gasteiger partial charge in [0.1, 0.15) is 4.90 Å². The largest absolute Gasteiger partial charge is 0.339 e. The summed E-state index contributed by atoms with van der Waals surface area (Å²) < 4.78 is 25.8. The lowest BCUT2D eigenvalue weighted by atomic mass is 9.89. The van der Waals surface area contributed by atoms with E-state index in [-0.39, 0.29) is 15.8 Å². The number of hydrogen-bond donors (Lipinski definition) is 0. The molecule has 0 N–H and O–H groups in total. The second-order valence-electron chi connectivity index (χ2n) is 6.72. The molecule has 1 heterocycles. The fourth-order valence-corrected chi connectivity index (χ4v) is 4.87. The van der Waals surface area contributed by atoms with Crippen molar-refractivity contribution in [2.24, 2.45) is 0 Å². The highest BCUT2D eigenvalue weighted by molar-refractivity contribution is 7.89. The van der Waals surface area contributed by atoms with Crippen LogP contribution in [0.2, 0.25) is 5.02 Å². The predicted octanol–water partition coefficient (Wildman–Crippen LogP) is 3.54. The van der Waals surface area contributed by atoms with Gasteiger partial charge in [-0.3, -0.25) is 9.63 Å². The predicted molar refractivity (Wildman–Crippen MR) is 108 cm³/mol. The van der Waals surface area contributed by atoms with Crippen molar-refractivity contribution in [3.63, 3.8) is 0 Å². The second-order valence-corrected chi connectivity index (χ2v) is 9.03. The van der Waals surface area contributed by atoms with E-state index in [1.165, 1.54) is 31.9 Å². The molecule has 0 saturated carbocycles. The van der Waals surface area contributed by atoms with E-state index in [1.54, 1.807) is 11.0 Å². The molecule has 2 aromatic carbocycles. The first kappa shape index (κ1) is 20.8. The number of hydrogen-bond acceptors (Lipinski definition) is 4. The molecule has 28 heavy (non-hydrogen) atoms. The summed E-state index contributed by atoms with van der Waals surface area (Å²) in [5, 5.41) is 0.0447. The second kappa shape index (κ2) is 8.61. The number of carbonyl (C=O) groups excluding carboxylic acids is 1. The standard InChI is InChI=1S/C20H23ClN2O4S/c1-22(27-2)28(25,26)19-14-17(8-9-18(19)21)20(24)23-12-10-16(11-13-23)15-6-4-3-5-7-15/h3-9,14,16H,10-13H2,1-2H3. The zero-order valence-electron chi connectivity index (χ0n) is 15.8. The van der Waals surface area contributed by atoms with Crippen LogP contribution in [0.4, 0.5) is 0 Å². The number of amides is 1. The Balaban J connectivity index is 1.76.